The van der Waals surface area contributed by atoms with Gasteiger partial charge in [0.1, 0.15) is 0 Å². The summed E-state index contributed by atoms with van der Waals surface area (Å²) in [6.45, 7) is 2.94. The number of hydrogen-bond acceptors (Lipinski definition) is 2. The van der Waals surface area contributed by atoms with Gasteiger partial charge in [-0.3, -0.25) is 9.59 Å². The second-order valence-electron chi connectivity index (χ2n) is 4.43. The summed E-state index contributed by atoms with van der Waals surface area (Å²) in [5, 5.41) is 5.45. The Balaban J connectivity index is 2.22. The monoisotopic (exact) mass is 267 g/mol. The molecule has 2 rings (SSSR count). The van der Waals surface area contributed by atoms with Crippen molar-refractivity contribution < 1.29 is 9.59 Å². The lowest BCUT2D eigenvalue weighted by atomic mass is 10.0. The maximum atomic E-state index is 11.0. The zero-order valence-corrected chi connectivity index (χ0v) is 11.4. The Bertz CT molecular complexity index is 633. The molecule has 1 radical (unpaired) electrons. The van der Waals surface area contributed by atoms with E-state index in [0.717, 1.165) is 22.5 Å². The van der Waals surface area contributed by atoms with Crippen molar-refractivity contribution in [3.8, 4) is 11.1 Å². The lowest BCUT2D eigenvalue weighted by molar-refractivity contribution is -0.115. The minimum atomic E-state index is -0.108. The number of amides is 2. The largest absolute Gasteiger partial charge is 0.326 e. The Kier molecular flexibility index (Phi) is 4.15. The third-order valence-electron chi connectivity index (χ3n) is 2.64. The minimum absolute atomic E-state index is 0.100. The first kappa shape index (κ1) is 13.8. The molecule has 0 aliphatic rings. The van der Waals surface area contributed by atoms with Gasteiger partial charge in [0.25, 0.3) is 0 Å². The number of benzene rings is 2. The third kappa shape index (κ3) is 3.68. The van der Waals surface area contributed by atoms with Crippen molar-refractivity contribution in [2.75, 3.05) is 10.6 Å². The van der Waals surface area contributed by atoms with E-state index in [2.05, 4.69) is 16.7 Å². The fourth-order valence-corrected chi connectivity index (χ4v) is 1.85. The number of carbonyl (C=O) groups is 2. The Morgan fingerprint density at radius 1 is 0.900 bits per heavy atom. The van der Waals surface area contributed by atoms with Crippen LogP contribution in [0.4, 0.5) is 11.4 Å². The molecule has 0 aliphatic carbocycles. The molecule has 0 atom stereocenters. The van der Waals surface area contributed by atoms with Crippen LogP contribution >= 0.6 is 0 Å². The SMILES string of the molecule is CC(=O)Nc1ccc(-c2[c]ccc(NC(C)=O)c2)cc1. The van der Waals surface area contributed by atoms with Crippen LogP contribution in [-0.2, 0) is 9.59 Å². The molecular weight excluding hydrogens is 252 g/mol. The van der Waals surface area contributed by atoms with E-state index in [1.54, 1.807) is 12.1 Å². The van der Waals surface area contributed by atoms with Crippen molar-refractivity contribution in [2.45, 2.75) is 13.8 Å². The highest BCUT2D eigenvalue weighted by Crippen LogP contribution is 2.23. The topological polar surface area (TPSA) is 58.2 Å². The van der Waals surface area contributed by atoms with E-state index in [0.29, 0.717) is 0 Å². The molecule has 0 aliphatic heterocycles. The molecular formula is C16H15N2O2. The van der Waals surface area contributed by atoms with Crippen LogP contribution in [0.5, 0.6) is 0 Å². The van der Waals surface area contributed by atoms with Gasteiger partial charge >= 0.3 is 0 Å². The molecule has 0 heterocycles. The van der Waals surface area contributed by atoms with Crippen LogP contribution in [0.15, 0.2) is 42.5 Å². The highest BCUT2D eigenvalue weighted by Gasteiger charge is 2.02. The van der Waals surface area contributed by atoms with E-state index >= 15 is 0 Å². The van der Waals surface area contributed by atoms with E-state index in [1.165, 1.54) is 13.8 Å². The normalized spacial score (nSPS) is 9.90. The maximum absolute atomic E-state index is 11.0. The molecule has 2 N–H and O–H groups in total. The van der Waals surface area contributed by atoms with Crippen molar-refractivity contribution in [1.82, 2.24) is 0 Å². The highest BCUT2D eigenvalue weighted by atomic mass is 16.2. The van der Waals surface area contributed by atoms with Crippen molar-refractivity contribution in [3.63, 3.8) is 0 Å². The fourth-order valence-electron chi connectivity index (χ4n) is 1.85. The predicted molar refractivity (Wildman–Crippen MR) is 79.3 cm³/mol. The Hall–Kier alpha value is -2.62. The molecule has 0 bridgehead atoms. The van der Waals surface area contributed by atoms with Gasteiger partial charge in [0.2, 0.25) is 11.8 Å². The molecule has 4 heteroatoms. The molecule has 2 aromatic carbocycles. The number of carbonyl (C=O) groups excluding carboxylic acids is 2. The maximum Gasteiger partial charge on any atom is 0.221 e. The smallest absolute Gasteiger partial charge is 0.221 e. The van der Waals surface area contributed by atoms with Gasteiger partial charge in [0.15, 0.2) is 0 Å². The van der Waals surface area contributed by atoms with E-state index in [1.807, 2.05) is 30.3 Å². The van der Waals surface area contributed by atoms with Crippen molar-refractivity contribution >= 4 is 23.2 Å². The third-order valence-corrected chi connectivity index (χ3v) is 2.64. The summed E-state index contributed by atoms with van der Waals surface area (Å²) < 4.78 is 0. The van der Waals surface area contributed by atoms with E-state index < -0.39 is 0 Å². The average Bonchev–Trinajstić information content (AvgIpc) is 2.38. The van der Waals surface area contributed by atoms with Crippen molar-refractivity contribution in [3.05, 3.63) is 48.5 Å². The highest BCUT2D eigenvalue weighted by molar-refractivity contribution is 5.90. The van der Waals surface area contributed by atoms with Gasteiger partial charge in [-0.2, -0.15) is 0 Å². The average molecular weight is 267 g/mol. The van der Waals surface area contributed by atoms with Crippen LogP contribution < -0.4 is 10.6 Å². The molecule has 0 aromatic heterocycles. The number of nitrogens with one attached hydrogen (secondary N) is 2. The first-order valence-electron chi connectivity index (χ1n) is 6.22. The molecule has 0 saturated heterocycles. The summed E-state index contributed by atoms with van der Waals surface area (Å²) in [6.07, 6.45) is 0. The molecule has 0 saturated carbocycles. The first-order chi connectivity index (χ1) is 9.54. The Morgan fingerprint density at radius 2 is 1.50 bits per heavy atom. The Morgan fingerprint density at radius 3 is 2.10 bits per heavy atom. The summed E-state index contributed by atoms with van der Waals surface area (Å²) in [5.41, 5.74) is 3.33. The molecule has 2 aromatic rings. The predicted octanol–water partition coefficient (Wildman–Crippen LogP) is 3.07. The summed E-state index contributed by atoms with van der Waals surface area (Å²) in [4.78, 5) is 22.0. The number of hydrogen-bond donors (Lipinski definition) is 2. The lowest BCUT2D eigenvalue weighted by Crippen LogP contribution is -2.05. The zero-order valence-electron chi connectivity index (χ0n) is 11.4. The van der Waals surface area contributed by atoms with Gasteiger partial charge in [0, 0.05) is 25.2 Å². The van der Waals surface area contributed by atoms with Crippen LogP contribution in [0.3, 0.4) is 0 Å². The van der Waals surface area contributed by atoms with Crippen molar-refractivity contribution in [2.24, 2.45) is 0 Å². The molecule has 0 spiro atoms. The summed E-state index contributed by atoms with van der Waals surface area (Å²) in [7, 11) is 0. The van der Waals surface area contributed by atoms with Crippen LogP contribution in [0.2, 0.25) is 0 Å². The van der Waals surface area contributed by atoms with Gasteiger partial charge in [0.05, 0.1) is 0 Å². The molecule has 0 fully saturated rings. The van der Waals surface area contributed by atoms with Gasteiger partial charge < -0.3 is 10.6 Å². The second-order valence-corrected chi connectivity index (χ2v) is 4.43. The molecule has 4 nitrogen and oxygen atoms in total. The zero-order chi connectivity index (χ0) is 14.5. The summed E-state index contributed by atoms with van der Waals surface area (Å²) in [6, 6.07) is 16.0. The number of rotatable bonds is 3. The van der Waals surface area contributed by atoms with E-state index in [-0.39, 0.29) is 11.8 Å². The quantitative estimate of drug-likeness (QED) is 0.897. The second kappa shape index (κ2) is 6.02. The van der Waals surface area contributed by atoms with Gasteiger partial charge in [-0.25, -0.2) is 0 Å². The molecule has 20 heavy (non-hydrogen) atoms. The minimum Gasteiger partial charge on any atom is -0.326 e. The van der Waals surface area contributed by atoms with Crippen LogP contribution in [0.1, 0.15) is 13.8 Å². The summed E-state index contributed by atoms with van der Waals surface area (Å²) in [5.74, 6) is -0.208. The van der Waals surface area contributed by atoms with Crippen LogP contribution in [0.25, 0.3) is 11.1 Å². The molecule has 2 amide bonds. The number of anilines is 2. The van der Waals surface area contributed by atoms with Crippen LogP contribution in [0, 0.1) is 6.07 Å². The van der Waals surface area contributed by atoms with Crippen LogP contribution in [-0.4, -0.2) is 11.8 Å². The Labute approximate surface area is 117 Å². The molecule has 0 unspecified atom stereocenters. The van der Waals surface area contributed by atoms with Gasteiger partial charge in [-0.1, -0.05) is 18.2 Å². The van der Waals surface area contributed by atoms with E-state index in [9.17, 15) is 9.59 Å². The van der Waals surface area contributed by atoms with Gasteiger partial charge in [-0.15, -0.1) is 0 Å². The fraction of sp³-hybridized carbons (Fsp3) is 0.125. The molecule has 101 valence electrons. The summed E-state index contributed by atoms with van der Waals surface area (Å²) >= 11 is 0. The first-order valence-corrected chi connectivity index (χ1v) is 6.22. The van der Waals surface area contributed by atoms with Gasteiger partial charge in [-0.05, 0) is 41.5 Å². The van der Waals surface area contributed by atoms with E-state index in [4.69, 9.17) is 0 Å². The standard InChI is InChI=1S/C16H15N2O2/c1-11(19)17-15-8-6-13(7-9-15)14-4-3-5-16(10-14)18-12(2)20/h3,5-10H,1-2H3,(H,17,19)(H,18,20). The van der Waals surface area contributed by atoms with Crippen molar-refractivity contribution in [1.29, 1.82) is 0 Å². The lowest BCUT2D eigenvalue weighted by Gasteiger charge is -2.07.